The fourth-order valence-corrected chi connectivity index (χ4v) is 1.91. The standard InChI is InChI=1S/C17H20N2O3/c1-13(12-22-14-8-4-3-5-9-14)18-17(20)19-15-10-6-7-11-16(15)21-2/h3-11,13H,12H2,1-2H3,(H2,18,19,20)/t13-/m1/s1. The van der Waals surface area contributed by atoms with Crippen LogP contribution in [0.2, 0.25) is 0 Å². The zero-order valence-electron chi connectivity index (χ0n) is 12.7. The Morgan fingerprint density at radius 2 is 1.77 bits per heavy atom. The van der Waals surface area contributed by atoms with Gasteiger partial charge in [-0.3, -0.25) is 0 Å². The highest BCUT2D eigenvalue weighted by atomic mass is 16.5. The number of rotatable bonds is 6. The Morgan fingerprint density at radius 1 is 1.09 bits per heavy atom. The number of para-hydroxylation sites is 3. The fraction of sp³-hybridized carbons (Fsp3) is 0.235. The molecule has 5 nitrogen and oxygen atoms in total. The first-order valence-corrected chi connectivity index (χ1v) is 7.07. The zero-order valence-corrected chi connectivity index (χ0v) is 12.7. The second-order valence-electron chi connectivity index (χ2n) is 4.82. The van der Waals surface area contributed by atoms with Crippen LogP contribution >= 0.6 is 0 Å². The van der Waals surface area contributed by atoms with Crippen molar-refractivity contribution >= 4 is 11.7 Å². The molecule has 0 fully saturated rings. The Kier molecular flexibility index (Phi) is 5.65. The second-order valence-corrected chi connectivity index (χ2v) is 4.82. The van der Waals surface area contributed by atoms with Gasteiger partial charge in [0.05, 0.1) is 18.8 Å². The smallest absolute Gasteiger partial charge is 0.319 e. The minimum Gasteiger partial charge on any atom is -0.495 e. The van der Waals surface area contributed by atoms with Crippen molar-refractivity contribution in [3.05, 3.63) is 54.6 Å². The monoisotopic (exact) mass is 300 g/mol. The third-order valence-corrected chi connectivity index (χ3v) is 2.98. The molecule has 5 heteroatoms. The number of amides is 2. The molecule has 0 aliphatic rings. The maximum atomic E-state index is 12.0. The van der Waals surface area contributed by atoms with Gasteiger partial charge in [-0.15, -0.1) is 0 Å². The molecule has 0 heterocycles. The Labute approximate surface area is 130 Å². The second kappa shape index (κ2) is 7.93. The minimum absolute atomic E-state index is 0.130. The number of benzene rings is 2. The quantitative estimate of drug-likeness (QED) is 0.860. The van der Waals surface area contributed by atoms with Crippen LogP contribution in [0.1, 0.15) is 6.92 Å². The molecule has 0 unspecified atom stereocenters. The molecule has 0 saturated carbocycles. The highest BCUT2D eigenvalue weighted by molar-refractivity contribution is 5.91. The van der Waals surface area contributed by atoms with Gasteiger partial charge in [0, 0.05) is 0 Å². The van der Waals surface area contributed by atoms with E-state index in [1.807, 2.05) is 49.4 Å². The summed E-state index contributed by atoms with van der Waals surface area (Å²) in [5.41, 5.74) is 0.624. The van der Waals surface area contributed by atoms with E-state index in [0.29, 0.717) is 18.0 Å². The van der Waals surface area contributed by atoms with Crippen molar-refractivity contribution in [2.24, 2.45) is 0 Å². The summed E-state index contributed by atoms with van der Waals surface area (Å²) in [4.78, 5) is 12.0. The predicted molar refractivity (Wildman–Crippen MR) is 86.5 cm³/mol. The van der Waals surface area contributed by atoms with Crippen molar-refractivity contribution in [2.75, 3.05) is 19.0 Å². The normalized spacial score (nSPS) is 11.4. The minimum atomic E-state index is -0.298. The number of hydrogen-bond acceptors (Lipinski definition) is 3. The van der Waals surface area contributed by atoms with Crippen molar-refractivity contribution in [2.45, 2.75) is 13.0 Å². The third kappa shape index (κ3) is 4.70. The van der Waals surface area contributed by atoms with Crippen LogP contribution in [0.25, 0.3) is 0 Å². The number of urea groups is 1. The molecule has 2 amide bonds. The summed E-state index contributed by atoms with van der Waals surface area (Å²) in [6.07, 6.45) is 0. The van der Waals surface area contributed by atoms with Crippen molar-refractivity contribution in [3.8, 4) is 11.5 Å². The predicted octanol–water partition coefficient (Wildman–Crippen LogP) is 3.28. The van der Waals surface area contributed by atoms with E-state index in [-0.39, 0.29) is 12.1 Å². The summed E-state index contributed by atoms with van der Waals surface area (Å²) in [5, 5.41) is 5.58. The van der Waals surface area contributed by atoms with Gasteiger partial charge in [0.2, 0.25) is 0 Å². The highest BCUT2D eigenvalue weighted by Gasteiger charge is 2.10. The highest BCUT2D eigenvalue weighted by Crippen LogP contribution is 2.22. The summed E-state index contributed by atoms with van der Waals surface area (Å²) in [6.45, 7) is 2.27. The van der Waals surface area contributed by atoms with E-state index >= 15 is 0 Å². The van der Waals surface area contributed by atoms with E-state index in [0.717, 1.165) is 5.75 Å². The van der Waals surface area contributed by atoms with E-state index < -0.39 is 0 Å². The third-order valence-electron chi connectivity index (χ3n) is 2.98. The zero-order chi connectivity index (χ0) is 15.8. The van der Waals surface area contributed by atoms with Crippen LogP contribution in [-0.2, 0) is 0 Å². The van der Waals surface area contributed by atoms with Gasteiger partial charge in [-0.25, -0.2) is 4.79 Å². The molecular weight excluding hydrogens is 280 g/mol. The van der Waals surface area contributed by atoms with E-state index in [1.54, 1.807) is 19.2 Å². The van der Waals surface area contributed by atoms with Crippen molar-refractivity contribution < 1.29 is 14.3 Å². The summed E-state index contributed by atoms with van der Waals surface area (Å²) in [6, 6.07) is 16.3. The number of anilines is 1. The van der Waals surface area contributed by atoms with Crippen molar-refractivity contribution in [3.63, 3.8) is 0 Å². The van der Waals surface area contributed by atoms with Gasteiger partial charge in [-0.05, 0) is 31.2 Å². The molecule has 2 N–H and O–H groups in total. The SMILES string of the molecule is COc1ccccc1NC(=O)N[C@H](C)COc1ccccc1. The van der Waals surface area contributed by atoms with E-state index in [2.05, 4.69) is 10.6 Å². The van der Waals surface area contributed by atoms with Crippen LogP contribution in [-0.4, -0.2) is 25.8 Å². The first kappa shape index (κ1) is 15.7. The number of nitrogens with one attached hydrogen (secondary N) is 2. The van der Waals surface area contributed by atoms with Crippen LogP contribution in [0, 0.1) is 0 Å². The molecule has 116 valence electrons. The first-order chi connectivity index (χ1) is 10.7. The number of hydrogen-bond donors (Lipinski definition) is 2. The van der Waals surface area contributed by atoms with Crippen LogP contribution in [0.4, 0.5) is 10.5 Å². The Hall–Kier alpha value is -2.69. The molecule has 1 atom stereocenters. The van der Waals surface area contributed by atoms with Crippen LogP contribution in [0.5, 0.6) is 11.5 Å². The fourth-order valence-electron chi connectivity index (χ4n) is 1.91. The Morgan fingerprint density at radius 3 is 2.50 bits per heavy atom. The summed E-state index contributed by atoms with van der Waals surface area (Å²) < 4.78 is 10.8. The number of carbonyl (C=O) groups is 1. The van der Waals surface area contributed by atoms with Crippen LogP contribution < -0.4 is 20.1 Å². The molecule has 0 saturated heterocycles. The van der Waals surface area contributed by atoms with Crippen LogP contribution in [0.15, 0.2) is 54.6 Å². The van der Waals surface area contributed by atoms with Gasteiger partial charge < -0.3 is 20.1 Å². The van der Waals surface area contributed by atoms with Gasteiger partial charge in [-0.2, -0.15) is 0 Å². The lowest BCUT2D eigenvalue weighted by molar-refractivity contribution is 0.236. The van der Waals surface area contributed by atoms with Gasteiger partial charge in [-0.1, -0.05) is 30.3 Å². The summed E-state index contributed by atoms with van der Waals surface area (Å²) in [7, 11) is 1.56. The van der Waals surface area contributed by atoms with Gasteiger partial charge in [0.25, 0.3) is 0 Å². The van der Waals surface area contributed by atoms with E-state index in [1.165, 1.54) is 0 Å². The first-order valence-electron chi connectivity index (χ1n) is 7.07. The average molecular weight is 300 g/mol. The Balaban J connectivity index is 1.81. The lowest BCUT2D eigenvalue weighted by Crippen LogP contribution is -2.39. The lowest BCUT2D eigenvalue weighted by Gasteiger charge is -2.16. The van der Waals surface area contributed by atoms with E-state index in [4.69, 9.17) is 9.47 Å². The molecular formula is C17H20N2O3. The topological polar surface area (TPSA) is 59.6 Å². The number of methoxy groups -OCH3 is 1. The summed E-state index contributed by atoms with van der Waals surface area (Å²) >= 11 is 0. The molecule has 0 aromatic heterocycles. The van der Waals surface area contributed by atoms with Gasteiger partial charge in [0.1, 0.15) is 18.1 Å². The molecule has 22 heavy (non-hydrogen) atoms. The van der Waals surface area contributed by atoms with Gasteiger partial charge in [0.15, 0.2) is 0 Å². The molecule has 0 spiro atoms. The largest absolute Gasteiger partial charge is 0.495 e. The number of carbonyl (C=O) groups excluding carboxylic acids is 1. The maximum Gasteiger partial charge on any atom is 0.319 e. The van der Waals surface area contributed by atoms with Crippen molar-refractivity contribution in [1.29, 1.82) is 0 Å². The molecule has 0 aliphatic heterocycles. The molecule has 0 aliphatic carbocycles. The molecule has 2 aromatic carbocycles. The molecule has 0 bridgehead atoms. The molecule has 2 aromatic rings. The van der Waals surface area contributed by atoms with Crippen LogP contribution in [0.3, 0.4) is 0 Å². The lowest BCUT2D eigenvalue weighted by atomic mass is 10.3. The maximum absolute atomic E-state index is 12.0. The van der Waals surface area contributed by atoms with Gasteiger partial charge >= 0.3 is 6.03 Å². The number of ether oxygens (including phenoxy) is 2. The molecule has 2 rings (SSSR count). The van der Waals surface area contributed by atoms with Crippen molar-refractivity contribution in [1.82, 2.24) is 5.32 Å². The Bertz CT molecular complexity index is 602. The summed E-state index contributed by atoms with van der Waals surface area (Å²) in [5.74, 6) is 1.40. The molecule has 0 radical (unpaired) electrons. The average Bonchev–Trinajstić information content (AvgIpc) is 2.54. The van der Waals surface area contributed by atoms with E-state index in [9.17, 15) is 4.79 Å².